The van der Waals surface area contributed by atoms with Crippen molar-refractivity contribution in [3.8, 4) is 17.0 Å². The van der Waals surface area contributed by atoms with E-state index in [0.717, 1.165) is 24.0 Å². The first-order valence-electron chi connectivity index (χ1n) is 12.4. The molecular formula is C27H32ClF2N6O3+. The van der Waals surface area contributed by atoms with Gasteiger partial charge in [-0.15, -0.1) is 0 Å². The highest BCUT2D eigenvalue weighted by atomic mass is 35.5. The topological polar surface area (TPSA) is 97.3 Å². The zero-order valence-corrected chi connectivity index (χ0v) is 23.2. The zero-order chi connectivity index (χ0) is 28.5. The molecule has 2 aromatic carbocycles. The first-order chi connectivity index (χ1) is 18.4. The minimum Gasteiger partial charge on any atom is -0.494 e. The molecule has 39 heavy (non-hydrogen) atoms. The standard InChI is InChI=1S/C27H31ClF2N6O3/c1-35-21(19-8-9-22(39-5)24(30)23(19)29)13-31-25(35)27(38)33-15-6-7-18(20(28)12-15)26(37)34-17-10-16(11-17)32-14-36(2,3)4/h6-9,12-13,16-17,32H,10-11,14H2,1-5H3,(H-,33,34,37,38)/p+1. The molecule has 0 radical (unpaired) electrons. The van der Waals surface area contributed by atoms with Crippen LogP contribution in [0.2, 0.25) is 5.02 Å². The molecule has 12 heteroatoms. The van der Waals surface area contributed by atoms with E-state index in [1.54, 1.807) is 6.07 Å². The lowest BCUT2D eigenvalue weighted by Gasteiger charge is -2.38. The molecule has 1 saturated carbocycles. The smallest absolute Gasteiger partial charge is 0.291 e. The van der Waals surface area contributed by atoms with Crippen molar-refractivity contribution in [2.24, 2.45) is 7.05 Å². The molecule has 3 aromatic rings. The van der Waals surface area contributed by atoms with Crippen molar-refractivity contribution in [3.05, 3.63) is 64.6 Å². The molecule has 0 spiro atoms. The fraction of sp³-hybridized carbons (Fsp3) is 0.370. The van der Waals surface area contributed by atoms with Crippen LogP contribution in [-0.4, -0.2) is 72.9 Å². The van der Waals surface area contributed by atoms with Crippen LogP contribution >= 0.6 is 11.6 Å². The molecule has 1 fully saturated rings. The molecule has 3 N–H and O–H groups in total. The predicted molar refractivity (Wildman–Crippen MR) is 145 cm³/mol. The molecule has 0 bridgehead atoms. The average Bonchev–Trinajstić information content (AvgIpc) is 3.22. The van der Waals surface area contributed by atoms with Crippen LogP contribution in [0.1, 0.15) is 33.8 Å². The number of hydrogen-bond acceptors (Lipinski definition) is 5. The molecule has 1 aromatic heterocycles. The Hall–Kier alpha value is -3.54. The van der Waals surface area contributed by atoms with Gasteiger partial charge in [0.15, 0.2) is 17.4 Å². The summed E-state index contributed by atoms with van der Waals surface area (Å²) in [5.41, 5.74) is 0.785. The SMILES string of the molecule is COc1ccc(-c2cnc(C(=O)Nc3ccc(C(=O)NC4CC(NC[N+](C)(C)C)C4)c(Cl)c3)n2C)c(F)c1F. The van der Waals surface area contributed by atoms with Gasteiger partial charge in [-0.25, -0.2) is 9.37 Å². The number of nitrogens with zero attached hydrogens (tertiary/aromatic N) is 3. The fourth-order valence-electron chi connectivity index (χ4n) is 4.29. The number of imidazole rings is 1. The molecule has 1 aliphatic rings. The Balaban J connectivity index is 1.38. The molecule has 2 amide bonds. The number of carbonyl (C=O) groups is 2. The normalized spacial score (nSPS) is 16.9. The van der Waals surface area contributed by atoms with Gasteiger partial charge in [0.2, 0.25) is 5.82 Å². The third kappa shape index (κ3) is 6.38. The quantitative estimate of drug-likeness (QED) is 0.273. The molecule has 4 rings (SSSR count). The molecule has 1 aliphatic carbocycles. The summed E-state index contributed by atoms with van der Waals surface area (Å²) in [6, 6.07) is 7.67. The van der Waals surface area contributed by atoms with Gasteiger partial charge in [0.25, 0.3) is 11.8 Å². The summed E-state index contributed by atoms with van der Waals surface area (Å²) in [5, 5.41) is 9.33. The van der Waals surface area contributed by atoms with E-state index in [1.807, 2.05) is 0 Å². The number of halogens is 3. The highest BCUT2D eigenvalue weighted by Crippen LogP contribution is 2.30. The minimum atomic E-state index is -1.13. The van der Waals surface area contributed by atoms with Crippen LogP contribution in [0, 0.1) is 11.6 Å². The Labute approximate surface area is 230 Å². The van der Waals surface area contributed by atoms with Crippen LogP contribution < -0.4 is 20.7 Å². The Morgan fingerprint density at radius 3 is 2.46 bits per heavy atom. The van der Waals surface area contributed by atoms with Gasteiger partial charge in [-0.2, -0.15) is 4.39 Å². The number of nitrogens with one attached hydrogen (secondary N) is 3. The number of ether oxygens (including phenoxy) is 1. The fourth-order valence-corrected chi connectivity index (χ4v) is 4.56. The summed E-state index contributed by atoms with van der Waals surface area (Å²) in [4.78, 5) is 29.7. The van der Waals surface area contributed by atoms with Crippen molar-refractivity contribution in [3.63, 3.8) is 0 Å². The minimum absolute atomic E-state index is 0.0306. The second-order valence-electron chi connectivity index (χ2n) is 10.6. The molecule has 0 saturated heterocycles. The number of hydrogen-bond donors (Lipinski definition) is 3. The summed E-state index contributed by atoms with van der Waals surface area (Å²) < 4.78 is 35.7. The Morgan fingerprint density at radius 1 is 1.10 bits per heavy atom. The van der Waals surface area contributed by atoms with Gasteiger partial charge in [-0.1, -0.05) is 11.6 Å². The van der Waals surface area contributed by atoms with Crippen LogP contribution in [0.4, 0.5) is 14.5 Å². The number of carbonyl (C=O) groups excluding carboxylic acids is 2. The lowest BCUT2D eigenvalue weighted by molar-refractivity contribution is -0.873. The van der Waals surface area contributed by atoms with Crippen LogP contribution in [0.25, 0.3) is 11.3 Å². The largest absolute Gasteiger partial charge is 0.494 e. The average molecular weight is 562 g/mol. The summed E-state index contributed by atoms with van der Waals surface area (Å²) in [7, 11) is 9.09. The van der Waals surface area contributed by atoms with E-state index in [-0.39, 0.29) is 39.8 Å². The maximum absolute atomic E-state index is 14.6. The lowest BCUT2D eigenvalue weighted by Crippen LogP contribution is -2.56. The first-order valence-corrected chi connectivity index (χ1v) is 12.8. The van der Waals surface area contributed by atoms with Crippen molar-refractivity contribution in [1.29, 1.82) is 0 Å². The molecule has 0 aliphatic heterocycles. The first kappa shape index (κ1) is 28.5. The van der Waals surface area contributed by atoms with Gasteiger partial charge in [0, 0.05) is 30.4 Å². The Kier molecular flexibility index (Phi) is 8.24. The summed E-state index contributed by atoms with van der Waals surface area (Å²) >= 11 is 6.36. The van der Waals surface area contributed by atoms with Gasteiger partial charge >= 0.3 is 0 Å². The molecule has 0 unspecified atom stereocenters. The Bertz CT molecular complexity index is 1400. The maximum Gasteiger partial charge on any atom is 0.291 e. The maximum atomic E-state index is 14.6. The van der Waals surface area contributed by atoms with E-state index >= 15 is 0 Å². The van der Waals surface area contributed by atoms with Gasteiger partial charge in [0.1, 0.15) is 6.67 Å². The van der Waals surface area contributed by atoms with E-state index in [2.05, 4.69) is 42.1 Å². The lowest BCUT2D eigenvalue weighted by atomic mass is 9.86. The number of quaternary nitrogens is 1. The third-order valence-corrected chi connectivity index (χ3v) is 6.85. The molecular weight excluding hydrogens is 530 g/mol. The van der Waals surface area contributed by atoms with Crippen molar-refractivity contribution in [2.45, 2.75) is 24.9 Å². The van der Waals surface area contributed by atoms with Crippen molar-refractivity contribution in [1.82, 2.24) is 20.2 Å². The van der Waals surface area contributed by atoms with E-state index in [0.29, 0.717) is 17.3 Å². The number of anilines is 1. The number of rotatable bonds is 9. The second kappa shape index (κ2) is 11.3. The van der Waals surface area contributed by atoms with E-state index < -0.39 is 17.5 Å². The number of benzene rings is 2. The Morgan fingerprint density at radius 2 is 1.82 bits per heavy atom. The van der Waals surface area contributed by atoms with Gasteiger partial charge < -0.3 is 24.4 Å². The van der Waals surface area contributed by atoms with Crippen LogP contribution in [0.5, 0.6) is 5.75 Å². The van der Waals surface area contributed by atoms with Crippen LogP contribution in [-0.2, 0) is 7.05 Å². The van der Waals surface area contributed by atoms with E-state index in [9.17, 15) is 18.4 Å². The van der Waals surface area contributed by atoms with Gasteiger partial charge in [-0.05, 0) is 43.2 Å². The molecule has 0 atom stereocenters. The van der Waals surface area contributed by atoms with E-state index in [1.165, 1.54) is 49.2 Å². The number of aromatic nitrogens is 2. The highest BCUT2D eigenvalue weighted by molar-refractivity contribution is 6.34. The van der Waals surface area contributed by atoms with E-state index in [4.69, 9.17) is 16.3 Å². The zero-order valence-electron chi connectivity index (χ0n) is 22.4. The summed E-state index contributed by atoms with van der Waals surface area (Å²) in [5.74, 6) is -3.37. The second-order valence-corrected chi connectivity index (χ2v) is 11.0. The highest BCUT2D eigenvalue weighted by Gasteiger charge is 2.31. The van der Waals surface area contributed by atoms with Crippen molar-refractivity contribution < 1.29 is 27.6 Å². The van der Waals surface area contributed by atoms with Crippen molar-refractivity contribution >= 4 is 29.1 Å². The van der Waals surface area contributed by atoms with Crippen LogP contribution in [0.3, 0.4) is 0 Å². The molecule has 208 valence electrons. The number of amides is 2. The predicted octanol–water partition coefficient (Wildman–Crippen LogP) is 3.79. The van der Waals surface area contributed by atoms with Crippen molar-refractivity contribution in [2.75, 3.05) is 40.2 Å². The van der Waals surface area contributed by atoms with Gasteiger partial charge in [-0.3, -0.25) is 14.9 Å². The summed E-state index contributed by atoms with van der Waals surface area (Å²) in [6.45, 7) is 0.848. The molecule has 9 nitrogen and oxygen atoms in total. The third-order valence-electron chi connectivity index (χ3n) is 6.53. The number of methoxy groups -OCH3 is 1. The van der Waals surface area contributed by atoms with Gasteiger partial charge in [0.05, 0.1) is 50.7 Å². The monoisotopic (exact) mass is 561 g/mol. The van der Waals surface area contributed by atoms with Crippen LogP contribution in [0.15, 0.2) is 36.5 Å². The summed E-state index contributed by atoms with van der Waals surface area (Å²) in [6.07, 6.45) is 2.97. The molecule has 1 heterocycles.